The van der Waals surface area contributed by atoms with E-state index < -0.39 is 5.97 Å². The normalized spacial score (nSPS) is 11.8. The fourth-order valence-electron chi connectivity index (χ4n) is 2.49. The Labute approximate surface area is 153 Å². The van der Waals surface area contributed by atoms with Gasteiger partial charge in [0.1, 0.15) is 13.7 Å². The van der Waals surface area contributed by atoms with Crippen LogP contribution in [0.4, 0.5) is 0 Å². The number of benzene rings is 2. The average molecular weight is 354 g/mol. The van der Waals surface area contributed by atoms with Crippen LogP contribution in [0.15, 0.2) is 58.8 Å². The predicted molar refractivity (Wildman–Crippen MR) is 100 cm³/mol. The van der Waals surface area contributed by atoms with Gasteiger partial charge in [-0.3, -0.25) is 0 Å². The van der Waals surface area contributed by atoms with E-state index in [-0.39, 0.29) is 12.3 Å². The van der Waals surface area contributed by atoms with E-state index >= 15 is 0 Å². The second-order valence-electron chi connectivity index (χ2n) is 5.54. The zero-order valence-corrected chi connectivity index (χ0v) is 15.4. The molecule has 6 nitrogen and oxygen atoms in total. The summed E-state index contributed by atoms with van der Waals surface area (Å²) in [7, 11) is 2.68. The molecule has 0 heterocycles. The molecular weight excluding hydrogens is 332 g/mol. The first-order valence-corrected chi connectivity index (χ1v) is 8.08. The van der Waals surface area contributed by atoms with Crippen LogP contribution in [-0.2, 0) is 25.8 Å². The van der Waals surface area contributed by atoms with Gasteiger partial charge in [-0.05, 0) is 25.0 Å². The van der Waals surface area contributed by atoms with Crippen molar-refractivity contribution in [3.8, 4) is 0 Å². The standard InChI is InChI=1S/C20H22N2O4/c1-14-9-8-12-17(18(14)19(22-25-4)20(23)24-3)13-26-21-15(2)16-10-6-5-7-11-16/h5-12H,13H2,1-4H3/b21-15+,22-19+. The summed E-state index contributed by atoms with van der Waals surface area (Å²) < 4.78 is 4.81. The highest BCUT2D eigenvalue weighted by atomic mass is 16.6. The Kier molecular flexibility index (Phi) is 6.91. The number of nitrogens with zero attached hydrogens (tertiary/aromatic N) is 2. The van der Waals surface area contributed by atoms with E-state index in [1.54, 1.807) is 0 Å². The minimum atomic E-state index is -0.577. The van der Waals surface area contributed by atoms with Gasteiger partial charge in [-0.1, -0.05) is 58.8 Å². The molecule has 0 saturated carbocycles. The zero-order valence-electron chi connectivity index (χ0n) is 15.4. The number of ether oxygens (including phenoxy) is 1. The van der Waals surface area contributed by atoms with E-state index in [1.807, 2.05) is 62.4 Å². The molecular formula is C20H22N2O4. The fraction of sp³-hybridized carbons (Fsp3) is 0.250. The molecule has 0 saturated heterocycles. The predicted octanol–water partition coefficient (Wildman–Crippen LogP) is 3.46. The van der Waals surface area contributed by atoms with Crippen molar-refractivity contribution in [3.05, 3.63) is 70.8 Å². The summed E-state index contributed by atoms with van der Waals surface area (Å²) in [5.74, 6) is -0.577. The van der Waals surface area contributed by atoms with E-state index in [4.69, 9.17) is 14.4 Å². The van der Waals surface area contributed by atoms with Crippen LogP contribution < -0.4 is 0 Å². The third kappa shape index (κ3) is 4.69. The molecule has 0 N–H and O–H groups in total. The van der Waals surface area contributed by atoms with Gasteiger partial charge in [0.2, 0.25) is 0 Å². The van der Waals surface area contributed by atoms with Gasteiger partial charge in [-0.2, -0.15) is 0 Å². The van der Waals surface area contributed by atoms with E-state index in [0.717, 1.165) is 22.4 Å². The smallest absolute Gasteiger partial charge is 0.360 e. The van der Waals surface area contributed by atoms with Gasteiger partial charge in [0, 0.05) is 11.1 Å². The van der Waals surface area contributed by atoms with Crippen molar-refractivity contribution in [2.24, 2.45) is 10.3 Å². The van der Waals surface area contributed by atoms with Crippen molar-refractivity contribution >= 4 is 17.4 Å². The second-order valence-corrected chi connectivity index (χ2v) is 5.54. The molecule has 0 aliphatic carbocycles. The van der Waals surface area contributed by atoms with Crippen molar-refractivity contribution < 1.29 is 19.2 Å². The SMILES string of the molecule is CO/N=C(/C(=O)OC)c1c(C)cccc1CO/N=C(\C)c1ccccc1. The van der Waals surface area contributed by atoms with Crippen molar-refractivity contribution in [1.29, 1.82) is 0 Å². The van der Waals surface area contributed by atoms with Gasteiger partial charge in [0.25, 0.3) is 0 Å². The van der Waals surface area contributed by atoms with Gasteiger partial charge in [-0.15, -0.1) is 0 Å². The lowest BCUT2D eigenvalue weighted by Crippen LogP contribution is -2.20. The van der Waals surface area contributed by atoms with Crippen LogP contribution >= 0.6 is 0 Å². The van der Waals surface area contributed by atoms with E-state index in [1.165, 1.54) is 14.2 Å². The number of carbonyl (C=O) groups excluding carboxylic acids is 1. The van der Waals surface area contributed by atoms with Crippen LogP contribution in [0, 0.1) is 6.92 Å². The molecule has 0 atom stereocenters. The summed E-state index contributed by atoms with van der Waals surface area (Å²) in [4.78, 5) is 22.4. The largest absolute Gasteiger partial charge is 0.464 e. The first-order chi connectivity index (χ1) is 12.6. The summed E-state index contributed by atoms with van der Waals surface area (Å²) in [6.45, 7) is 3.94. The maximum atomic E-state index is 12.1. The summed E-state index contributed by atoms with van der Waals surface area (Å²) in [6, 6.07) is 15.4. The first kappa shape index (κ1) is 19.2. The zero-order chi connectivity index (χ0) is 18.9. The molecule has 2 aromatic rings. The van der Waals surface area contributed by atoms with Gasteiger partial charge in [0.05, 0.1) is 12.8 Å². The van der Waals surface area contributed by atoms with Crippen LogP contribution in [0.25, 0.3) is 0 Å². The number of rotatable bonds is 7. The van der Waals surface area contributed by atoms with Crippen molar-refractivity contribution in [2.45, 2.75) is 20.5 Å². The third-order valence-electron chi connectivity index (χ3n) is 3.77. The van der Waals surface area contributed by atoms with Gasteiger partial charge < -0.3 is 14.4 Å². The molecule has 0 amide bonds. The summed E-state index contributed by atoms with van der Waals surface area (Å²) in [5, 5.41) is 7.99. The Morgan fingerprint density at radius 2 is 1.73 bits per heavy atom. The van der Waals surface area contributed by atoms with Gasteiger partial charge in [0.15, 0.2) is 5.71 Å². The number of carbonyl (C=O) groups is 1. The highest BCUT2D eigenvalue weighted by Crippen LogP contribution is 2.18. The molecule has 0 bridgehead atoms. The molecule has 136 valence electrons. The number of esters is 1. The lowest BCUT2D eigenvalue weighted by atomic mass is 9.98. The highest BCUT2D eigenvalue weighted by Gasteiger charge is 2.21. The topological polar surface area (TPSA) is 69.5 Å². The van der Waals surface area contributed by atoms with Gasteiger partial charge >= 0.3 is 5.97 Å². The summed E-state index contributed by atoms with van der Waals surface area (Å²) in [6.07, 6.45) is 0. The first-order valence-electron chi connectivity index (χ1n) is 8.08. The molecule has 2 rings (SSSR count). The third-order valence-corrected chi connectivity index (χ3v) is 3.77. The number of hydrogen-bond acceptors (Lipinski definition) is 6. The van der Waals surface area contributed by atoms with Crippen LogP contribution in [0.1, 0.15) is 29.2 Å². The van der Waals surface area contributed by atoms with E-state index in [2.05, 4.69) is 10.3 Å². The Balaban J connectivity index is 2.26. The Morgan fingerprint density at radius 3 is 2.38 bits per heavy atom. The van der Waals surface area contributed by atoms with Crippen LogP contribution in [0.5, 0.6) is 0 Å². The maximum Gasteiger partial charge on any atom is 0.360 e. The second kappa shape index (κ2) is 9.36. The summed E-state index contributed by atoms with van der Waals surface area (Å²) >= 11 is 0. The van der Waals surface area contributed by atoms with Gasteiger partial charge in [-0.25, -0.2) is 4.79 Å². The molecule has 0 aliphatic heterocycles. The monoisotopic (exact) mass is 354 g/mol. The molecule has 0 unspecified atom stereocenters. The maximum absolute atomic E-state index is 12.1. The molecule has 26 heavy (non-hydrogen) atoms. The lowest BCUT2D eigenvalue weighted by molar-refractivity contribution is -0.132. The molecule has 0 radical (unpaired) electrons. The molecule has 0 aliphatic rings. The van der Waals surface area contributed by atoms with Crippen LogP contribution in [0.3, 0.4) is 0 Å². The molecule has 0 fully saturated rings. The minimum absolute atomic E-state index is 0.0930. The number of aryl methyl sites for hydroxylation is 1. The molecule has 0 aromatic heterocycles. The summed E-state index contributed by atoms with van der Waals surface area (Å²) in [5.41, 5.74) is 4.07. The van der Waals surface area contributed by atoms with E-state index in [9.17, 15) is 4.79 Å². The quantitative estimate of drug-likeness (QED) is 0.434. The van der Waals surface area contributed by atoms with Crippen LogP contribution in [-0.4, -0.2) is 31.6 Å². The number of methoxy groups -OCH3 is 1. The Hall–Kier alpha value is -3.15. The van der Waals surface area contributed by atoms with Crippen molar-refractivity contribution in [1.82, 2.24) is 0 Å². The van der Waals surface area contributed by atoms with E-state index in [0.29, 0.717) is 5.56 Å². The number of hydrogen-bond donors (Lipinski definition) is 0. The minimum Gasteiger partial charge on any atom is -0.464 e. The van der Waals surface area contributed by atoms with Crippen LogP contribution in [0.2, 0.25) is 0 Å². The Bertz CT molecular complexity index is 814. The molecule has 0 spiro atoms. The van der Waals surface area contributed by atoms with Crippen molar-refractivity contribution in [3.63, 3.8) is 0 Å². The fourth-order valence-corrected chi connectivity index (χ4v) is 2.49. The van der Waals surface area contributed by atoms with Crippen molar-refractivity contribution in [2.75, 3.05) is 14.2 Å². The molecule has 2 aromatic carbocycles. The lowest BCUT2D eigenvalue weighted by Gasteiger charge is -2.12. The molecule has 6 heteroatoms. The Morgan fingerprint density at radius 1 is 1.00 bits per heavy atom. The number of oxime groups is 2. The highest BCUT2D eigenvalue weighted by molar-refractivity contribution is 6.43. The average Bonchev–Trinajstić information content (AvgIpc) is 2.67.